The van der Waals surface area contributed by atoms with Crippen molar-refractivity contribution in [1.29, 1.82) is 0 Å². The van der Waals surface area contributed by atoms with Crippen LogP contribution < -0.4 is 5.32 Å². The first kappa shape index (κ1) is 13.1. The number of carbonyl (C=O) groups is 1. The lowest BCUT2D eigenvalue weighted by molar-refractivity contribution is 0.0754. The van der Waals surface area contributed by atoms with E-state index in [1.54, 1.807) is 19.2 Å². The summed E-state index contributed by atoms with van der Waals surface area (Å²) in [5, 5.41) is 11.3. The number of nitrogens with one attached hydrogen (secondary N) is 1. The second-order valence-corrected chi connectivity index (χ2v) is 5.61. The monoisotopic (exact) mass is 266 g/mol. The Balaban J connectivity index is 2.05. The Labute approximate surface area is 111 Å². The van der Waals surface area contributed by atoms with Gasteiger partial charge >= 0.3 is 0 Å². The van der Waals surface area contributed by atoms with Crippen LogP contribution in [0.25, 0.3) is 0 Å². The summed E-state index contributed by atoms with van der Waals surface area (Å²) < 4.78 is 0. The highest BCUT2D eigenvalue weighted by molar-refractivity contribution is 8.00. The van der Waals surface area contributed by atoms with Crippen LogP contribution in [-0.4, -0.2) is 52.1 Å². The van der Waals surface area contributed by atoms with E-state index in [9.17, 15) is 4.79 Å². The molecule has 1 aromatic rings. The smallest absolute Gasteiger partial charge is 0.274 e. The van der Waals surface area contributed by atoms with Gasteiger partial charge in [-0.2, -0.15) is 11.8 Å². The number of hydrogen-bond donors (Lipinski definition) is 1. The predicted octanol–water partition coefficient (Wildman–Crippen LogP) is 1.49. The molecule has 5 nitrogen and oxygen atoms in total. The van der Waals surface area contributed by atoms with Crippen molar-refractivity contribution in [2.45, 2.75) is 18.6 Å². The van der Waals surface area contributed by atoms with Crippen molar-refractivity contribution in [2.75, 3.05) is 31.2 Å². The normalized spacial score (nSPS) is 19.7. The average Bonchev–Trinajstić information content (AvgIpc) is 2.46. The number of rotatable bonds is 3. The van der Waals surface area contributed by atoms with Crippen LogP contribution >= 0.6 is 11.8 Å². The van der Waals surface area contributed by atoms with Gasteiger partial charge in [0.1, 0.15) is 5.82 Å². The van der Waals surface area contributed by atoms with Crippen LogP contribution in [0.4, 0.5) is 5.82 Å². The van der Waals surface area contributed by atoms with Crippen LogP contribution in [0.15, 0.2) is 12.1 Å². The second kappa shape index (κ2) is 6.04. The lowest BCUT2D eigenvalue weighted by atomic mass is 10.2. The van der Waals surface area contributed by atoms with Crippen molar-refractivity contribution < 1.29 is 4.79 Å². The van der Waals surface area contributed by atoms with Gasteiger partial charge in [-0.05, 0) is 18.6 Å². The molecule has 0 aliphatic carbocycles. The summed E-state index contributed by atoms with van der Waals surface area (Å²) in [5.74, 6) is 1.67. The first-order chi connectivity index (χ1) is 8.74. The van der Waals surface area contributed by atoms with E-state index in [1.807, 2.05) is 16.7 Å². The number of carbonyl (C=O) groups excluding carboxylic acids is 1. The molecular weight excluding hydrogens is 248 g/mol. The van der Waals surface area contributed by atoms with Gasteiger partial charge in [0, 0.05) is 31.1 Å². The summed E-state index contributed by atoms with van der Waals surface area (Å²) in [6.07, 6.45) is 1.10. The zero-order valence-corrected chi connectivity index (χ0v) is 11.5. The maximum atomic E-state index is 12.3. The zero-order chi connectivity index (χ0) is 13.0. The number of anilines is 1. The molecule has 1 fully saturated rings. The average molecular weight is 266 g/mol. The van der Waals surface area contributed by atoms with Gasteiger partial charge < -0.3 is 10.2 Å². The highest BCUT2D eigenvalue weighted by atomic mass is 32.2. The molecule has 1 aliphatic rings. The van der Waals surface area contributed by atoms with Crippen molar-refractivity contribution in [3.05, 3.63) is 17.8 Å². The summed E-state index contributed by atoms with van der Waals surface area (Å²) in [4.78, 5) is 14.1. The fourth-order valence-electron chi connectivity index (χ4n) is 1.89. The second-order valence-electron chi connectivity index (χ2n) is 4.21. The summed E-state index contributed by atoms with van der Waals surface area (Å²) in [5.41, 5.74) is 0.427. The zero-order valence-electron chi connectivity index (χ0n) is 10.7. The van der Waals surface area contributed by atoms with Crippen LogP contribution in [0, 0.1) is 0 Å². The fraction of sp³-hybridized carbons (Fsp3) is 0.583. The predicted molar refractivity (Wildman–Crippen MR) is 74.0 cm³/mol. The molecule has 0 bridgehead atoms. The Bertz CT molecular complexity index is 409. The van der Waals surface area contributed by atoms with Gasteiger partial charge in [-0.25, -0.2) is 0 Å². The van der Waals surface area contributed by atoms with Crippen LogP contribution in [0.3, 0.4) is 0 Å². The summed E-state index contributed by atoms with van der Waals surface area (Å²) >= 11 is 1.95. The minimum atomic E-state index is -0.0103. The first-order valence-electron chi connectivity index (χ1n) is 6.17. The van der Waals surface area contributed by atoms with Gasteiger partial charge in [0.2, 0.25) is 0 Å². The van der Waals surface area contributed by atoms with Gasteiger partial charge in [0.15, 0.2) is 5.69 Å². The minimum absolute atomic E-state index is 0.0103. The van der Waals surface area contributed by atoms with Crippen molar-refractivity contribution in [1.82, 2.24) is 15.1 Å². The van der Waals surface area contributed by atoms with Crippen LogP contribution in [-0.2, 0) is 0 Å². The minimum Gasteiger partial charge on any atom is -0.372 e. The molecule has 1 atom stereocenters. The van der Waals surface area contributed by atoms with Gasteiger partial charge in [0.25, 0.3) is 5.91 Å². The Hall–Kier alpha value is -1.30. The molecule has 1 saturated heterocycles. The maximum absolute atomic E-state index is 12.3. The van der Waals surface area contributed by atoms with Crippen molar-refractivity contribution >= 4 is 23.5 Å². The molecule has 98 valence electrons. The third kappa shape index (κ3) is 2.93. The van der Waals surface area contributed by atoms with E-state index in [-0.39, 0.29) is 5.91 Å². The van der Waals surface area contributed by atoms with E-state index in [0.717, 1.165) is 25.3 Å². The molecule has 2 heterocycles. The van der Waals surface area contributed by atoms with Crippen molar-refractivity contribution in [2.24, 2.45) is 0 Å². The molecule has 18 heavy (non-hydrogen) atoms. The highest BCUT2D eigenvalue weighted by Crippen LogP contribution is 2.22. The largest absolute Gasteiger partial charge is 0.372 e. The number of thioether (sulfide) groups is 1. The molecule has 0 saturated carbocycles. The van der Waals surface area contributed by atoms with Crippen molar-refractivity contribution in [3.8, 4) is 0 Å². The molecule has 0 aromatic carbocycles. The Kier molecular flexibility index (Phi) is 4.41. The maximum Gasteiger partial charge on any atom is 0.274 e. The van der Waals surface area contributed by atoms with Crippen LogP contribution in [0.2, 0.25) is 0 Å². The van der Waals surface area contributed by atoms with E-state index in [4.69, 9.17) is 0 Å². The van der Waals surface area contributed by atoms with E-state index in [1.165, 1.54) is 0 Å². The number of amides is 1. The molecular formula is C12H18N4OS. The molecule has 0 spiro atoms. The number of aromatic nitrogens is 2. The van der Waals surface area contributed by atoms with E-state index in [0.29, 0.717) is 16.8 Å². The van der Waals surface area contributed by atoms with Gasteiger partial charge in [-0.3, -0.25) is 4.79 Å². The Morgan fingerprint density at radius 2 is 2.39 bits per heavy atom. The van der Waals surface area contributed by atoms with Gasteiger partial charge in [0.05, 0.1) is 0 Å². The molecule has 1 aromatic heterocycles. The third-order valence-electron chi connectivity index (χ3n) is 3.02. The SMILES string of the molecule is CCC1CN(C(=O)c2ccc(NC)nn2)CCS1. The molecule has 1 unspecified atom stereocenters. The first-order valence-corrected chi connectivity index (χ1v) is 7.21. The summed E-state index contributed by atoms with van der Waals surface area (Å²) in [6.45, 7) is 3.78. The molecule has 6 heteroatoms. The van der Waals surface area contributed by atoms with E-state index in [2.05, 4.69) is 22.4 Å². The van der Waals surface area contributed by atoms with Crippen LogP contribution in [0.1, 0.15) is 23.8 Å². The number of nitrogens with zero attached hydrogens (tertiary/aromatic N) is 3. The highest BCUT2D eigenvalue weighted by Gasteiger charge is 2.24. The topological polar surface area (TPSA) is 58.1 Å². The van der Waals surface area contributed by atoms with E-state index < -0.39 is 0 Å². The Morgan fingerprint density at radius 3 is 3.00 bits per heavy atom. The number of hydrogen-bond acceptors (Lipinski definition) is 5. The van der Waals surface area contributed by atoms with Gasteiger partial charge in [-0.15, -0.1) is 10.2 Å². The summed E-state index contributed by atoms with van der Waals surface area (Å²) in [7, 11) is 1.78. The molecule has 1 N–H and O–H groups in total. The fourth-order valence-corrected chi connectivity index (χ4v) is 3.07. The van der Waals surface area contributed by atoms with Crippen molar-refractivity contribution in [3.63, 3.8) is 0 Å². The quantitative estimate of drug-likeness (QED) is 0.898. The standard InChI is InChI=1S/C12H18N4OS/c1-3-9-8-16(6-7-18-9)12(17)10-4-5-11(13-2)15-14-10/h4-5,9H,3,6-8H2,1-2H3,(H,13,15). The van der Waals surface area contributed by atoms with E-state index >= 15 is 0 Å². The third-order valence-corrected chi connectivity index (χ3v) is 4.39. The molecule has 0 radical (unpaired) electrons. The molecule has 2 rings (SSSR count). The lowest BCUT2D eigenvalue weighted by Gasteiger charge is -2.31. The Morgan fingerprint density at radius 1 is 1.56 bits per heavy atom. The lowest BCUT2D eigenvalue weighted by Crippen LogP contribution is -2.42. The summed E-state index contributed by atoms with van der Waals surface area (Å²) in [6, 6.07) is 3.50. The van der Waals surface area contributed by atoms with Gasteiger partial charge in [-0.1, -0.05) is 6.92 Å². The molecule has 1 aliphatic heterocycles. The molecule has 1 amide bonds. The van der Waals surface area contributed by atoms with Crippen LogP contribution in [0.5, 0.6) is 0 Å².